The normalized spacial score (nSPS) is 13.1. The van der Waals surface area contributed by atoms with Gasteiger partial charge in [0.25, 0.3) is 0 Å². The zero-order valence-corrected chi connectivity index (χ0v) is 28.9. The molecule has 0 radical (unpaired) electrons. The van der Waals surface area contributed by atoms with E-state index in [0.29, 0.717) is 0 Å². The number of benzene rings is 9. The van der Waals surface area contributed by atoms with Gasteiger partial charge in [-0.3, -0.25) is 0 Å². The predicted octanol–water partition coefficient (Wildman–Crippen LogP) is 13.7. The lowest BCUT2D eigenvalue weighted by atomic mass is 9.68. The monoisotopic (exact) mass is 675 g/mol. The summed E-state index contributed by atoms with van der Waals surface area (Å²) in [5, 5.41) is 7.12. The highest BCUT2D eigenvalue weighted by molar-refractivity contribution is 6.15. The number of furan rings is 1. The Bertz CT molecular complexity index is 2960. The van der Waals surface area contributed by atoms with Crippen LogP contribution >= 0.6 is 0 Å². The second-order valence-corrected chi connectivity index (χ2v) is 14.0. The summed E-state index contributed by atoms with van der Waals surface area (Å²) in [7, 11) is 0. The first kappa shape index (κ1) is 29.8. The minimum Gasteiger partial charge on any atom is -0.456 e. The third-order valence-electron chi connectivity index (χ3n) is 11.3. The van der Waals surface area contributed by atoms with Gasteiger partial charge in [0.05, 0.1) is 11.1 Å². The first-order valence-electron chi connectivity index (χ1n) is 18.3. The lowest BCUT2D eigenvalue weighted by Crippen LogP contribution is -2.28. The molecule has 0 unspecified atom stereocenters. The van der Waals surface area contributed by atoms with E-state index in [-0.39, 0.29) is 0 Å². The Morgan fingerprint density at radius 2 is 0.906 bits per heavy atom. The average Bonchev–Trinajstić information content (AvgIpc) is 3.75. The molecule has 0 bridgehead atoms. The second kappa shape index (κ2) is 11.6. The van der Waals surface area contributed by atoms with Crippen LogP contribution in [0.4, 0.5) is 17.1 Å². The quantitative estimate of drug-likeness (QED) is 0.169. The van der Waals surface area contributed by atoms with Crippen molar-refractivity contribution in [3.63, 3.8) is 0 Å². The topological polar surface area (TPSA) is 16.4 Å². The summed E-state index contributed by atoms with van der Waals surface area (Å²) in [5.41, 5.74) is 12.3. The molecule has 2 heteroatoms. The number of nitrogens with zero attached hydrogens (tertiary/aromatic N) is 1. The molecular formula is C51H33NO. The number of hydrogen-bond donors (Lipinski definition) is 0. The molecule has 1 aliphatic rings. The maximum Gasteiger partial charge on any atom is 0.135 e. The van der Waals surface area contributed by atoms with Crippen LogP contribution in [-0.2, 0) is 5.41 Å². The maximum atomic E-state index is 6.29. The molecule has 0 aliphatic heterocycles. The van der Waals surface area contributed by atoms with E-state index in [1.54, 1.807) is 0 Å². The molecule has 2 nitrogen and oxygen atoms in total. The van der Waals surface area contributed by atoms with E-state index >= 15 is 0 Å². The highest BCUT2D eigenvalue weighted by Crippen LogP contribution is 2.56. The van der Waals surface area contributed by atoms with Crippen molar-refractivity contribution in [2.45, 2.75) is 5.41 Å². The van der Waals surface area contributed by atoms with Gasteiger partial charge in [-0.1, -0.05) is 158 Å². The molecule has 248 valence electrons. The predicted molar refractivity (Wildman–Crippen MR) is 221 cm³/mol. The van der Waals surface area contributed by atoms with Gasteiger partial charge >= 0.3 is 0 Å². The van der Waals surface area contributed by atoms with E-state index in [1.165, 1.54) is 54.9 Å². The highest BCUT2D eigenvalue weighted by Gasteiger charge is 2.45. The molecule has 10 aromatic rings. The van der Waals surface area contributed by atoms with E-state index < -0.39 is 5.41 Å². The lowest BCUT2D eigenvalue weighted by molar-refractivity contribution is 0.669. The summed E-state index contributed by atoms with van der Waals surface area (Å²) in [5.74, 6) is 0. The molecule has 9 aromatic carbocycles. The van der Waals surface area contributed by atoms with E-state index in [4.69, 9.17) is 4.42 Å². The van der Waals surface area contributed by atoms with Crippen LogP contribution in [0.25, 0.3) is 54.6 Å². The van der Waals surface area contributed by atoms with Gasteiger partial charge in [0.2, 0.25) is 0 Å². The van der Waals surface area contributed by atoms with Crippen molar-refractivity contribution in [1.29, 1.82) is 0 Å². The Morgan fingerprint density at radius 3 is 1.66 bits per heavy atom. The largest absolute Gasteiger partial charge is 0.456 e. The first-order chi connectivity index (χ1) is 26.3. The van der Waals surface area contributed by atoms with Gasteiger partial charge < -0.3 is 9.32 Å². The van der Waals surface area contributed by atoms with Crippen molar-refractivity contribution in [2.24, 2.45) is 0 Å². The molecule has 0 atom stereocenters. The molecule has 0 amide bonds. The fraction of sp³-hybridized carbons (Fsp3) is 0.0196. The van der Waals surface area contributed by atoms with Gasteiger partial charge in [0, 0.05) is 27.5 Å². The Balaban J connectivity index is 1.17. The fourth-order valence-electron chi connectivity index (χ4n) is 9.07. The number of para-hydroxylation sites is 1. The van der Waals surface area contributed by atoms with Crippen molar-refractivity contribution in [3.05, 3.63) is 222 Å². The van der Waals surface area contributed by atoms with Gasteiger partial charge in [-0.05, 0) is 92.0 Å². The molecule has 1 heterocycles. The van der Waals surface area contributed by atoms with Crippen LogP contribution in [0.2, 0.25) is 0 Å². The van der Waals surface area contributed by atoms with Gasteiger partial charge in [-0.15, -0.1) is 0 Å². The Kier molecular flexibility index (Phi) is 6.50. The molecule has 0 N–H and O–H groups in total. The molecule has 1 aliphatic carbocycles. The summed E-state index contributed by atoms with van der Waals surface area (Å²) in [6, 6.07) is 72.9. The van der Waals surface area contributed by atoms with Crippen molar-refractivity contribution < 1.29 is 4.42 Å². The van der Waals surface area contributed by atoms with E-state index in [9.17, 15) is 0 Å². The lowest BCUT2D eigenvalue weighted by Gasteiger charge is -2.34. The maximum absolute atomic E-state index is 6.29. The van der Waals surface area contributed by atoms with Crippen molar-refractivity contribution in [1.82, 2.24) is 0 Å². The number of rotatable bonds is 5. The molecule has 1 aromatic heterocycles. The van der Waals surface area contributed by atoms with Gasteiger partial charge in [0.1, 0.15) is 11.2 Å². The molecule has 0 spiro atoms. The average molecular weight is 676 g/mol. The summed E-state index contributed by atoms with van der Waals surface area (Å²) in [6.07, 6.45) is 0. The van der Waals surface area contributed by atoms with Crippen molar-refractivity contribution in [3.8, 4) is 11.1 Å². The van der Waals surface area contributed by atoms with E-state index in [2.05, 4.69) is 193 Å². The number of hydrogen-bond acceptors (Lipinski definition) is 2. The third kappa shape index (κ3) is 4.33. The van der Waals surface area contributed by atoms with Gasteiger partial charge in [0.15, 0.2) is 0 Å². The number of anilines is 3. The zero-order chi connectivity index (χ0) is 34.9. The van der Waals surface area contributed by atoms with E-state index in [1.807, 2.05) is 12.1 Å². The molecule has 11 rings (SSSR count). The van der Waals surface area contributed by atoms with Crippen molar-refractivity contribution >= 4 is 60.5 Å². The Morgan fingerprint density at radius 1 is 0.358 bits per heavy atom. The smallest absolute Gasteiger partial charge is 0.135 e. The highest BCUT2D eigenvalue weighted by atomic mass is 16.3. The van der Waals surface area contributed by atoms with Crippen LogP contribution in [-0.4, -0.2) is 0 Å². The van der Waals surface area contributed by atoms with E-state index in [0.717, 1.165) is 39.0 Å². The van der Waals surface area contributed by atoms with Crippen molar-refractivity contribution in [2.75, 3.05) is 4.90 Å². The standard InChI is InChI=1S/C51H33NO/c1-2-15-35(16-3-1)51(46-23-11-8-19-41(46)42-20-9-12-24-47(42)51)36-26-28-37(29-27-36)52(38-30-31-50-45(33-38)44-22-10-13-25-49(44)53-50)48-32-34-14-4-5-17-39(34)40-18-6-7-21-43(40)48/h1-33H. The first-order valence-corrected chi connectivity index (χ1v) is 18.3. The summed E-state index contributed by atoms with van der Waals surface area (Å²) >= 11 is 0. The molecule has 53 heavy (non-hydrogen) atoms. The summed E-state index contributed by atoms with van der Waals surface area (Å²) < 4.78 is 6.29. The van der Waals surface area contributed by atoms with Crippen LogP contribution in [0.3, 0.4) is 0 Å². The molecule has 0 fully saturated rings. The van der Waals surface area contributed by atoms with Gasteiger partial charge in [-0.2, -0.15) is 0 Å². The number of fused-ring (bicyclic) bond motifs is 9. The second-order valence-electron chi connectivity index (χ2n) is 14.0. The van der Waals surface area contributed by atoms with Crippen LogP contribution in [0.15, 0.2) is 205 Å². The fourth-order valence-corrected chi connectivity index (χ4v) is 9.07. The minimum absolute atomic E-state index is 0.456. The van der Waals surface area contributed by atoms with Crippen LogP contribution in [0.1, 0.15) is 22.3 Å². The SMILES string of the molecule is c1ccc(C2(c3ccc(N(c4ccc5oc6ccccc6c5c4)c4cc5ccccc5c5ccccc45)cc3)c3ccccc3-c3ccccc32)cc1. The summed E-state index contributed by atoms with van der Waals surface area (Å²) in [6.45, 7) is 0. The summed E-state index contributed by atoms with van der Waals surface area (Å²) in [4.78, 5) is 2.42. The third-order valence-corrected chi connectivity index (χ3v) is 11.3. The Labute approximate surface area is 307 Å². The van der Waals surface area contributed by atoms with Crippen LogP contribution in [0.5, 0.6) is 0 Å². The van der Waals surface area contributed by atoms with Crippen LogP contribution in [0, 0.1) is 0 Å². The van der Waals surface area contributed by atoms with Gasteiger partial charge in [-0.25, -0.2) is 0 Å². The minimum atomic E-state index is -0.456. The Hall–Kier alpha value is -6.90. The van der Waals surface area contributed by atoms with Crippen LogP contribution < -0.4 is 4.90 Å². The molecule has 0 saturated carbocycles. The molecular weight excluding hydrogens is 643 g/mol. The molecule has 0 saturated heterocycles. The zero-order valence-electron chi connectivity index (χ0n) is 28.9.